The molecule has 0 aliphatic heterocycles. The molecule has 1 N–H and O–H groups in total. The first-order valence-corrected chi connectivity index (χ1v) is 3.70. The molecule has 0 aromatic rings. The zero-order valence-corrected chi connectivity index (χ0v) is 7.03. The lowest BCUT2D eigenvalue weighted by molar-refractivity contribution is 0.0926. The summed E-state index contributed by atoms with van der Waals surface area (Å²) in [7, 11) is 0.934. The molecule has 0 unspecified atom stereocenters. The van der Waals surface area contributed by atoms with Crippen molar-refractivity contribution in [3.63, 3.8) is 0 Å². The first kappa shape index (κ1) is 7.14. The van der Waals surface area contributed by atoms with Crippen LogP contribution < -0.4 is 5.15 Å². The fraction of sp³-hybridized carbons (Fsp3) is 1.00. The van der Waals surface area contributed by atoms with E-state index in [2.05, 4.69) is 12.1 Å². The molecule has 0 spiro atoms. The Hall–Kier alpha value is 0.137. The summed E-state index contributed by atoms with van der Waals surface area (Å²) >= 11 is 0. The van der Waals surface area contributed by atoms with E-state index in [1.807, 2.05) is 0 Å². The molecular weight excluding hydrogens is 106 g/mol. The smallest absolute Gasteiger partial charge is 0.109 e. The zero-order valence-electron chi connectivity index (χ0n) is 5.03. The molecule has 0 aliphatic carbocycles. The Morgan fingerprint density at radius 1 is 1.71 bits per heavy atom. The predicted octanol–water partition coefficient (Wildman–Crippen LogP) is -0.412. The SMILES string of the molecule is CCCCON[SiH3]. The summed E-state index contributed by atoms with van der Waals surface area (Å²) in [5.74, 6) is 0. The van der Waals surface area contributed by atoms with Crippen molar-refractivity contribution in [3.8, 4) is 0 Å². The Bertz CT molecular complexity index is 30.9. The third-order valence-corrected chi connectivity index (χ3v) is 1.03. The summed E-state index contributed by atoms with van der Waals surface area (Å²) in [4.78, 5) is 4.89. The van der Waals surface area contributed by atoms with Gasteiger partial charge in [-0.15, -0.1) is 0 Å². The number of unbranched alkanes of at least 4 members (excludes halogenated alkanes) is 1. The van der Waals surface area contributed by atoms with E-state index in [4.69, 9.17) is 4.84 Å². The van der Waals surface area contributed by atoms with Gasteiger partial charge in [0, 0.05) is 0 Å². The van der Waals surface area contributed by atoms with Crippen LogP contribution in [0.25, 0.3) is 0 Å². The molecule has 7 heavy (non-hydrogen) atoms. The van der Waals surface area contributed by atoms with Crippen molar-refractivity contribution in [3.05, 3.63) is 0 Å². The maximum Gasteiger partial charge on any atom is 0.109 e. The topological polar surface area (TPSA) is 21.3 Å². The number of hydrogen-bond acceptors (Lipinski definition) is 2. The minimum Gasteiger partial charge on any atom is -0.310 e. The second-order valence-corrected chi connectivity index (χ2v) is 1.81. The molecule has 0 fully saturated rings. The van der Waals surface area contributed by atoms with Gasteiger partial charge in [0.2, 0.25) is 0 Å². The van der Waals surface area contributed by atoms with Crippen LogP contribution in [0.3, 0.4) is 0 Å². The number of hydrogen-bond donors (Lipinski definition) is 1. The summed E-state index contributed by atoms with van der Waals surface area (Å²) in [5.41, 5.74) is 0. The lowest BCUT2D eigenvalue weighted by Crippen LogP contribution is -2.09. The highest BCUT2D eigenvalue weighted by atomic mass is 28.2. The van der Waals surface area contributed by atoms with E-state index in [1.165, 1.54) is 6.42 Å². The van der Waals surface area contributed by atoms with Gasteiger partial charge < -0.3 is 4.84 Å². The highest BCUT2D eigenvalue weighted by molar-refractivity contribution is 6.03. The molecule has 2 nitrogen and oxygen atoms in total. The second kappa shape index (κ2) is 6.14. The molecule has 0 aromatic heterocycles. The molecule has 0 saturated carbocycles. The lowest BCUT2D eigenvalue weighted by atomic mass is 10.4. The Kier molecular flexibility index (Phi) is 6.26. The van der Waals surface area contributed by atoms with Crippen molar-refractivity contribution in [1.82, 2.24) is 5.15 Å². The first-order chi connectivity index (χ1) is 3.41. The van der Waals surface area contributed by atoms with Gasteiger partial charge in [0.05, 0.1) is 6.61 Å². The zero-order chi connectivity index (χ0) is 5.54. The summed E-state index contributed by atoms with van der Waals surface area (Å²) < 4.78 is 0. The molecule has 44 valence electrons. The van der Waals surface area contributed by atoms with Crippen LogP contribution in [0.2, 0.25) is 0 Å². The van der Waals surface area contributed by atoms with Gasteiger partial charge in [0.1, 0.15) is 10.4 Å². The molecule has 0 amide bonds. The highest BCUT2D eigenvalue weighted by Crippen LogP contribution is 1.83. The maximum absolute atomic E-state index is 4.89. The summed E-state index contributed by atoms with van der Waals surface area (Å²) in [6.45, 7) is 3.01. The van der Waals surface area contributed by atoms with E-state index in [0.29, 0.717) is 0 Å². The fourth-order valence-electron chi connectivity index (χ4n) is 0.319. The van der Waals surface area contributed by atoms with Gasteiger partial charge >= 0.3 is 0 Å². The average molecular weight is 119 g/mol. The van der Waals surface area contributed by atoms with Crippen LogP contribution in [0.1, 0.15) is 19.8 Å². The van der Waals surface area contributed by atoms with Gasteiger partial charge in [-0.3, -0.25) is 0 Å². The Labute approximate surface area is 47.7 Å². The van der Waals surface area contributed by atoms with E-state index in [1.54, 1.807) is 0 Å². The van der Waals surface area contributed by atoms with Crippen LogP contribution in [-0.2, 0) is 4.84 Å². The molecule has 0 heterocycles. The van der Waals surface area contributed by atoms with Crippen molar-refractivity contribution >= 4 is 10.4 Å². The normalized spacial score (nSPS) is 9.86. The van der Waals surface area contributed by atoms with Gasteiger partial charge in [-0.25, -0.2) is 5.15 Å². The van der Waals surface area contributed by atoms with Gasteiger partial charge in [0.25, 0.3) is 0 Å². The Morgan fingerprint density at radius 2 is 2.43 bits per heavy atom. The van der Waals surface area contributed by atoms with Gasteiger partial charge in [-0.2, -0.15) is 0 Å². The largest absolute Gasteiger partial charge is 0.310 e. The van der Waals surface area contributed by atoms with Gasteiger partial charge in [-0.05, 0) is 6.42 Å². The molecule has 0 aliphatic rings. The van der Waals surface area contributed by atoms with Crippen LogP contribution in [0, 0.1) is 0 Å². The monoisotopic (exact) mass is 119 g/mol. The summed E-state index contributed by atoms with van der Waals surface area (Å²) in [6, 6.07) is 0. The van der Waals surface area contributed by atoms with Crippen LogP contribution in [0.15, 0.2) is 0 Å². The van der Waals surface area contributed by atoms with E-state index in [-0.39, 0.29) is 0 Å². The molecule has 0 bridgehead atoms. The van der Waals surface area contributed by atoms with Crippen molar-refractivity contribution < 1.29 is 4.84 Å². The number of nitrogens with one attached hydrogen (secondary N) is 1. The average Bonchev–Trinajstić information content (AvgIpc) is 1.69. The van der Waals surface area contributed by atoms with Crippen LogP contribution >= 0.6 is 0 Å². The Morgan fingerprint density at radius 3 is 2.86 bits per heavy atom. The van der Waals surface area contributed by atoms with Gasteiger partial charge in [0.15, 0.2) is 0 Å². The third-order valence-electron chi connectivity index (χ3n) is 0.744. The highest BCUT2D eigenvalue weighted by Gasteiger charge is 1.78. The molecule has 0 rings (SSSR count). The lowest BCUT2D eigenvalue weighted by Gasteiger charge is -1.96. The molecule has 0 atom stereocenters. The van der Waals surface area contributed by atoms with Crippen molar-refractivity contribution in [1.29, 1.82) is 0 Å². The standard InChI is InChI=1S/C4H13NOSi/c1-2-3-4-6-5-7/h5H,2-4H2,1,7H3. The van der Waals surface area contributed by atoms with Crippen molar-refractivity contribution in [2.45, 2.75) is 19.8 Å². The minimum atomic E-state index is 0.861. The maximum atomic E-state index is 4.89. The molecule has 0 saturated heterocycles. The first-order valence-electron chi connectivity index (χ1n) is 2.70. The second-order valence-electron chi connectivity index (χ2n) is 1.41. The van der Waals surface area contributed by atoms with Crippen molar-refractivity contribution in [2.75, 3.05) is 6.61 Å². The summed E-state index contributed by atoms with van der Waals surface area (Å²) in [6.07, 6.45) is 2.37. The quantitative estimate of drug-likeness (QED) is 0.308. The van der Waals surface area contributed by atoms with E-state index in [0.717, 1.165) is 23.4 Å². The summed E-state index contributed by atoms with van der Waals surface area (Å²) in [5, 5.41) is 2.74. The van der Waals surface area contributed by atoms with Gasteiger partial charge in [-0.1, -0.05) is 13.3 Å². The van der Waals surface area contributed by atoms with Crippen LogP contribution in [-0.4, -0.2) is 17.0 Å². The van der Waals surface area contributed by atoms with Crippen molar-refractivity contribution in [2.24, 2.45) is 0 Å². The predicted molar refractivity (Wildman–Crippen MR) is 33.9 cm³/mol. The fourth-order valence-corrected chi connectivity index (χ4v) is 0.523. The van der Waals surface area contributed by atoms with E-state index < -0.39 is 0 Å². The van der Waals surface area contributed by atoms with E-state index >= 15 is 0 Å². The molecule has 3 heteroatoms. The molecule has 0 aromatic carbocycles. The molecule has 0 radical (unpaired) electrons. The van der Waals surface area contributed by atoms with Crippen LogP contribution in [0.5, 0.6) is 0 Å². The molecular formula is C4H13NOSi. The minimum absolute atomic E-state index is 0.861. The van der Waals surface area contributed by atoms with Crippen LogP contribution in [0.4, 0.5) is 0 Å². The number of rotatable bonds is 4. The Balaban J connectivity index is 2.45. The third kappa shape index (κ3) is 6.14. The van der Waals surface area contributed by atoms with E-state index in [9.17, 15) is 0 Å².